The summed E-state index contributed by atoms with van der Waals surface area (Å²) in [7, 11) is 0. The summed E-state index contributed by atoms with van der Waals surface area (Å²) in [6, 6.07) is 20.5. The Morgan fingerprint density at radius 2 is 1.90 bits per heavy atom. The molecule has 0 bridgehead atoms. The Hall–Kier alpha value is -4.00. The summed E-state index contributed by atoms with van der Waals surface area (Å²) >= 11 is 0. The molecule has 1 N–H and O–H groups in total. The predicted molar refractivity (Wildman–Crippen MR) is 110 cm³/mol. The summed E-state index contributed by atoms with van der Waals surface area (Å²) in [4.78, 5) is 16.6. The van der Waals surface area contributed by atoms with Crippen molar-refractivity contribution in [2.45, 2.75) is 6.92 Å². The van der Waals surface area contributed by atoms with Gasteiger partial charge in [-0.05, 0) is 55.0 Å². The second kappa shape index (κ2) is 8.57. The van der Waals surface area contributed by atoms with Crippen LogP contribution >= 0.6 is 0 Å². The second-order valence-electron chi connectivity index (χ2n) is 6.64. The standard InChI is InChI=1S/C23H18FN3O3/c1-15-6-4-9-18(12-15)25-21(28)14-29-20-11-3-2-10-19(20)22-26-23(30-27-22)16-7-5-8-17(24)13-16/h2-13H,14H2,1H3,(H,25,28). The summed E-state index contributed by atoms with van der Waals surface area (Å²) in [6.07, 6.45) is 0. The van der Waals surface area contributed by atoms with Crippen molar-refractivity contribution in [3.8, 4) is 28.6 Å². The van der Waals surface area contributed by atoms with Crippen LogP contribution in [0.1, 0.15) is 5.56 Å². The zero-order valence-electron chi connectivity index (χ0n) is 16.1. The Kier molecular flexibility index (Phi) is 5.52. The lowest BCUT2D eigenvalue weighted by atomic mass is 10.2. The van der Waals surface area contributed by atoms with Crippen LogP contribution in [-0.4, -0.2) is 22.7 Å². The topological polar surface area (TPSA) is 77.2 Å². The van der Waals surface area contributed by atoms with E-state index in [-0.39, 0.29) is 24.2 Å². The average Bonchev–Trinajstić information content (AvgIpc) is 3.23. The molecule has 0 saturated carbocycles. The van der Waals surface area contributed by atoms with E-state index >= 15 is 0 Å². The number of benzene rings is 3. The third kappa shape index (κ3) is 4.52. The van der Waals surface area contributed by atoms with Crippen LogP contribution in [-0.2, 0) is 4.79 Å². The summed E-state index contributed by atoms with van der Waals surface area (Å²) in [5, 5.41) is 6.76. The van der Waals surface area contributed by atoms with E-state index in [0.717, 1.165) is 5.56 Å². The van der Waals surface area contributed by atoms with E-state index in [1.165, 1.54) is 12.1 Å². The zero-order chi connectivity index (χ0) is 20.9. The van der Waals surface area contributed by atoms with Gasteiger partial charge in [-0.2, -0.15) is 4.98 Å². The summed E-state index contributed by atoms with van der Waals surface area (Å²) in [5.41, 5.74) is 2.79. The number of rotatable bonds is 6. The number of halogens is 1. The molecular weight excluding hydrogens is 385 g/mol. The lowest BCUT2D eigenvalue weighted by molar-refractivity contribution is -0.118. The van der Waals surface area contributed by atoms with Crippen molar-refractivity contribution in [3.63, 3.8) is 0 Å². The van der Waals surface area contributed by atoms with E-state index < -0.39 is 5.82 Å². The number of para-hydroxylation sites is 1. The van der Waals surface area contributed by atoms with E-state index in [1.54, 1.807) is 36.4 Å². The van der Waals surface area contributed by atoms with Crippen molar-refractivity contribution in [3.05, 3.63) is 84.2 Å². The van der Waals surface area contributed by atoms with E-state index in [2.05, 4.69) is 15.5 Å². The first kappa shape index (κ1) is 19.3. The van der Waals surface area contributed by atoms with Gasteiger partial charge in [0.25, 0.3) is 11.8 Å². The molecule has 30 heavy (non-hydrogen) atoms. The van der Waals surface area contributed by atoms with E-state index in [4.69, 9.17) is 9.26 Å². The molecule has 0 aliphatic carbocycles. The molecule has 3 aromatic carbocycles. The summed E-state index contributed by atoms with van der Waals surface area (Å²) in [6.45, 7) is 1.77. The van der Waals surface area contributed by atoms with Gasteiger partial charge in [-0.15, -0.1) is 0 Å². The van der Waals surface area contributed by atoms with Gasteiger partial charge in [0.15, 0.2) is 6.61 Å². The number of anilines is 1. The minimum atomic E-state index is -0.393. The molecule has 6 nitrogen and oxygen atoms in total. The third-order valence-corrected chi connectivity index (χ3v) is 4.29. The molecule has 7 heteroatoms. The highest BCUT2D eigenvalue weighted by Crippen LogP contribution is 2.29. The normalized spacial score (nSPS) is 10.6. The highest BCUT2D eigenvalue weighted by Gasteiger charge is 2.15. The minimum absolute atomic E-state index is 0.181. The number of nitrogens with zero attached hydrogens (tertiary/aromatic N) is 2. The molecule has 1 aromatic heterocycles. The zero-order valence-corrected chi connectivity index (χ0v) is 16.1. The maximum absolute atomic E-state index is 13.5. The van der Waals surface area contributed by atoms with Crippen molar-refractivity contribution in [1.29, 1.82) is 0 Å². The van der Waals surface area contributed by atoms with Crippen LogP contribution in [0.25, 0.3) is 22.8 Å². The van der Waals surface area contributed by atoms with Gasteiger partial charge >= 0.3 is 0 Å². The van der Waals surface area contributed by atoms with Crippen molar-refractivity contribution in [1.82, 2.24) is 10.1 Å². The molecule has 1 amide bonds. The molecular formula is C23H18FN3O3. The van der Waals surface area contributed by atoms with Crippen LogP contribution in [0.5, 0.6) is 5.75 Å². The van der Waals surface area contributed by atoms with E-state index in [9.17, 15) is 9.18 Å². The first-order chi connectivity index (χ1) is 14.6. The Morgan fingerprint density at radius 1 is 1.07 bits per heavy atom. The summed E-state index contributed by atoms with van der Waals surface area (Å²) in [5.74, 6) is 0.225. The van der Waals surface area contributed by atoms with Crippen LogP contribution in [0.15, 0.2) is 77.3 Å². The fourth-order valence-electron chi connectivity index (χ4n) is 2.91. The molecule has 0 saturated heterocycles. The van der Waals surface area contributed by atoms with Crippen LogP contribution in [0.4, 0.5) is 10.1 Å². The molecule has 150 valence electrons. The number of ether oxygens (including phenoxy) is 1. The van der Waals surface area contributed by atoms with Gasteiger partial charge in [0, 0.05) is 11.3 Å². The smallest absolute Gasteiger partial charge is 0.262 e. The lowest BCUT2D eigenvalue weighted by Gasteiger charge is -2.10. The Bertz CT molecular complexity index is 1190. The SMILES string of the molecule is Cc1cccc(NC(=O)COc2ccccc2-c2noc(-c3cccc(F)c3)n2)c1. The Morgan fingerprint density at radius 3 is 2.73 bits per heavy atom. The molecule has 1 heterocycles. The first-order valence-corrected chi connectivity index (χ1v) is 9.27. The highest BCUT2D eigenvalue weighted by atomic mass is 19.1. The van der Waals surface area contributed by atoms with Crippen molar-refractivity contribution in [2.24, 2.45) is 0 Å². The van der Waals surface area contributed by atoms with Crippen LogP contribution in [0.2, 0.25) is 0 Å². The minimum Gasteiger partial charge on any atom is -0.483 e. The largest absolute Gasteiger partial charge is 0.483 e. The van der Waals surface area contributed by atoms with Gasteiger partial charge < -0.3 is 14.6 Å². The Labute approximate surface area is 172 Å². The molecule has 4 aromatic rings. The van der Waals surface area contributed by atoms with Gasteiger partial charge in [0.2, 0.25) is 5.82 Å². The van der Waals surface area contributed by atoms with Gasteiger partial charge in [0.1, 0.15) is 11.6 Å². The van der Waals surface area contributed by atoms with E-state index in [0.29, 0.717) is 22.6 Å². The maximum Gasteiger partial charge on any atom is 0.262 e. The monoisotopic (exact) mass is 403 g/mol. The number of amides is 1. The number of aryl methyl sites for hydroxylation is 1. The molecule has 0 spiro atoms. The van der Waals surface area contributed by atoms with Gasteiger partial charge in [-0.3, -0.25) is 4.79 Å². The number of aromatic nitrogens is 2. The molecule has 0 radical (unpaired) electrons. The van der Waals surface area contributed by atoms with Crippen LogP contribution < -0.4 is 10.1 Å². The van der Waals surface area contributed by atoms with Crippen molar-refractivity contribution in [2.75, 3.05) is 11.9 Å². The van der Waals surface area contributed by atoms with Crippen molar-refractivity contribution >= 4 is 11.6 Å². The number of nitrogens with one attached hydrogen (secondary N) is 1. The maximum atomic E-state index is 13.5. The fraction of sp³-hybridized carbons (Fsp3) is 0.0870. The number of carbonyl (C=O) groups excluding carboxylic acids is 1. The predicted octanol–water partition coefficient (Wildman–Crippen LogP) is 4.87. The first-order valence-electron chi connectivity index (χ1n) is 9.27. The summed E-state index contributed by atoms with van der Waals surface area (Å²) < 4.78 is 24.4. The molecule has 0 unspecified atom stereocenters. The fourth-order valence-corrected chi connectivity index (χ4v) is 2.91. The highest BCUT2D eigenvalue weighted by molar-refractivity contribution is 5.92. The molecule has 0 aliphatic rings. The van der Waals surface area contributed by atoms with Crippen LogP contribution in [0.3, 0.4) is 0 Å². The van der Waals surface area contributed by atoms with Crippen LogP contribution in [0, 0.1) is 12.7 Å². The van der Waals surface area contributed by atoms with Gasteiger partial charge in [-0.1, -0.05) is 35.5 Å². The molecule has 0 fully saturated rings. The van der Waals surface area contributed by atoms with Crippen molar-refractivity contribution < 1.29 is 18.4 Å². The number of hydrogen-bond acceptors (Lipinski definition) is 5. The average molecular weight is 403 g/mol. The molecule has 0 atom stereocenters. The van der Waals surface area contributed by atoms with Gasteiger partial charge in [0.05, 0.1) is 5.56 Å². The van der Waals surface area contributed by atoms with E-state index in [1.807, 2.05) is 31.2 Å². The van der Waals surface area contributed by atoms with Gasteiger partial charge in [-0.25, -0.2) is 4.39 Å². The third-order valence-electron chi connectivity index (χ3n) is 4.29. The quantitative estimate of drug-likeness (QED) is 0.497. The lowest BCUT2D eigenvalue weighted by Crippen LogP contribution is -2.20. The number of carbonyl (C=O) groups is 1. The number of hydrogen-bond donors (Lipinski definition) is 1. The molecule has 4 rings (SSSR count). The molecule has 0 aliphatic heterocycles. The Balaban J connectivity index is 1.48. The second-order valence-corrected chi connectivity index (χ2v) is 6.64.